The molecule has 0 aromatic heterocycles. The van der Waals surface area contributed by atoms with Crippen LogP contribution in [0.1, 0.15) is 26.7 Å². The molecule has 0 aliphatic carbocycles. The molecule has 0 unspecified atom stereocenters. The first-order valence-corrected chi connectivity index (χ1v) is 6.56. The van der Waals surface area contributed by atoms with E-state index < -0.39 is 0 Å². The summed E-state index contributed by atoms with van der Waals surface area (Å²) in [7, 11) is 0. The second kappa shape index (κ2) is 7.33. The lowest BCUT2D eigenvalue weighted by atomic mass is 10.2. The molecule has 0 saturated carbocycles. The van der Waals surface area contributed by atoms with Gasteiger partial charge >= 0.3 is 0 Å². The van der Waals surface area contributed by atoms with Gasteiger partial charge in [0, 0.05) is 31.9 Å². The molecule has 0 aromatic rings. The van der Waals surface area contributed by atoms with E-state index in [1.807, 2.05) is 6.92 Å². The summed E-state index contributed by atoms with van der Waals surface area (Å²) in [6.45, 7) is 17.9. The Balaban J connectivity index is 2.21. The highest BCUT2D eigenvalue weighted by molar-refractivity contribution is 5.13. The van der Waals surface area contributed by atoms with Gasteiger partial charge in [0.25, 0.3) is 0 Å². The second-order valence-electron chi connectivity index (χ2n) is 4.88. The molecular weight excluding hydrogens is 208 g/mol. The second-order valence-corrected chi connectivity index (χ2v) is 4.88. The van der Waals surface area contributed by atoms with E-state index in [1.54, 1.807) is 0 Å². The van der Waals surface area contributed by atoms with Crippen molar-refractivity contribution in [2.45, 2.75) is 26.7 Å². The van der Waals surface area contributed by atoms with E-state index in [0.29, 0.717) is 0 Å². The molecule has 2 heteroatoms. The number of hydrogen-bond acceptors (Lipinski definition) is 2. The average Bonchev–Trinajstić information content (AvgIpc) is 2.30. The van der Waals surface area contributed by atoms with E-state index in [2.05, 4.69) is 42.0 Å². The van der Waals surface area contributed by atoms with Gasteiger partial charge in [-0.15, -0.1) is 6.58 Å². The maximum absolute atomic E-state index is 4.09. The van der Waals surface area contributed by atoms with Gasteiger partial charge in [0.15, 0.2) is 0 Å². The smallest absolute Gasteiger partial charge is 0.0306 e. The lowest BCUT2D eigenvalue weighted by molar-refractivity contribution is 0.161. The van der Waals surface area contributed by atoms with Gasteiger partial charge in [0.1, 0.15) is 0 Å². The molecule has 1 rings (SSSR count). The van der Waals surface area contributed by atoms with Crippen LogP contribution in [0.5, 0.6) is 0 Å². The zero-order valence-corrected chi connectivity index (χ0v) is 11.4. The normalized spacial score (nSPS) is 17.6. The fraction of sp³-hybridized carbons (Fsp3) is 0.600. The highest BCUT2D eigenvalue weighted by Crippen LogP contribution is 2.10. The SMILES string of the molecule is C=C(C)CCCN1CCN(C(=C)/C=C/C)CC1. The van der Waals surface area contributed by atoms with Crippen LogP contribution in [0.15, 0.2) is 36.6 Å². The highest BCUT2D eigenvalue weighted by Gasteiger charge is 2.15. The van der Waals surface area contributed by atoms with Gasteiger partial charge in [-0.1, -0.05) is 18.2 Å². The number of hydrogen-bond donors (Lipinski definition) is 0. The van der Waals surface area contributed by atoms with Gasteiger partial charge in [-0.2, -0.15) is 0 Å². The maximum atomic E-state index is 4.09. The quantitative estimate of drug-likeness (QED) is 0.515. The molecule has 0 amide bonds. The Hall–Kier alpha value is -1.02. The molecule has 0 aromatic carbocycles. The van der Waals surface area contributed by atoms with Crippen molar-refractivity contribution in [2.75, 3.05) is 32.7 Å². The first-order chi connectivity index (χ1) is 8.13. The van der Waals surface area contributed by atoms with E-state index in [1.165, 1.54) is 18.5 Å². The van der Waals surface area contributed by atoms with Crippen LogP contribution in [0.2, 0.25) is 0 Å². The summed E-state index contributed by atoms with van der Waals surface area (Å²) in [5.41, 5.74) is 2.44. The molecule has 1 heterocycles. The van der Waals surface area contributed by atoms with Crippen LogP contribution in [0.25, 0.3) is 0 Å². The summed E-state index contributed by atoms with van der Waals surface area (Å²) in [6.07, 6.45) is 6.55. The molecule has 1 fully saturated rings. The third kappa shape index (κ3) is 5.22. The van der Waals surface area contributed by atoms with Crippen LogP contribution in [0.4, 0.5) is 0 Å². The minimum Gasteiger partial charge on any atom is -0.369 e. The van der Waals surface area contributed by atoms with Crippen molar-refractivity contribution in [2.24, 2.45) is 0 Å². The Bertz CT molecular complexity index is 283. The molecule has 2 nitrogen and oxygen atoms in total. The topological polar surface area (TPSA) is 6.48 Å². The number of nitrogens with zero attached hydrogens (tertiary/aromatic N) is 2. The van der Waals surface area contributed by atoms with Crippen molar-refractivity contribution in [3.8, 4) is 0 Å². The summed E-state index contributed by atoms with van der Waals surface area (Å²) in [4.78, 5) is 4.91. The van der Waals surface area contributed by atoms with E-state index in [-0.39, 0.29) is 0 Å². The van der Waals surface area contributed by atoms with Crippen LogP contribution in [0, 0.1) is 0 Å². The van der Waals surface area contributed by atoms with Gasteiger partial charge in [0.05, 0.1) is 0 Å². The van der Waals surface area contributed by atoms with Crippen molar-refractivity contribution in [1.82, 2.24) is 9.80 Å². The van der Waals surface area contributed by atoms with E-state index >= 15 is 0 Å². The summed E-state index contributed by atoms with van der Waals surface area (Å²) in [5, 5.41) is 0. The van der Waals surface area contributed by atoms with Gasteiger partial charge in [0.2, 0.25) is 0 Å². The van der Waals surface area contributed by atoms with Crippen LogP contribution >= 0.6 is 0 Å². The Kier molecular flexibility index (Phi) is 6.06. The van der Waals surface area contributed by atoms with Gasteiger partial charge in [-0.3, -0.25) is 4.90 Å². The minimum absolute atomic E-state index is 1.11. The molecular formula is C15H26N2. The first-order valence-electron chi connectivity index (χ1n) is 6.56. The predicted molar refractivity (Wildman–Crippen MR) is 76.0 cm³/mol. The zero-order chi connectivity index (χ0) is 12.7. The number of rotatable bonds is 6. The summed E-state index contributed by atoms with van der Waals surface area (Å²) in [5.74, 6) is 0. The minimum atomic E-state index is 1.11. The Labute approximate surface area is 106 Å². The molecule has 96 valence electrons. The Morgan fingerprint density at radius 3 is 2.35 bits per heavy atom. The predicted octanol–water partition coefficient (Wildman–Crippen LogP) is 3.05. The molecule has 0 atom stereocenters. The van der Waals surface area contributed by atoms with Gasteiger partial charge in [-0.05, 0) is 39.3 Å². The van der Waals surface area contributed by atoms with Gasteiger partial charge in [-0.25, -0.2) is 0 Å². The van der Waals surface area contributed by atoms with Crippen molar-refractivity contribution in [3.05, 3.63) is 36.6 Å². The van der Waals surface area contributed by atoms with Gasteiger partial charge < -0.3 is 4.90 Å². The molecule has 0 N–H and O–H groups in total. The molecule has 0 bridgehead atoms. The standard InChI is InChI=1S/C15H26N2/c1-5-7-15(4)17-12-10-16(11-13-17)9-6-8-14(2)3/h5,7H,2,4,6,8-13H2,1,3H3/b7-5+. The number of piperazine rings is 1. The molecule has 17 heavy (non-hydrogen) atoms. The Morgan fingerprint density at radius 1 is 1.18 bits per heavy atom. The number of allylic oxidation sites excluding steroid dienone is 3. The zero-order valence-electron chi connectivity index (χ0n) is 11.4. The van der Waals surface area contributed by atoms with Crippen LogP contribution in [-0.2, 0) is 0 Å². The highest BCUT2D eigenvalue weighted by atomic mass is 15.3. The van der Waals surface area contributed by atoms with E-state index in [0.717, 1.165) is 38.3 Å². The van der Waals surface area contributed by atoms with Crippen LogP contribution in [-0.4, -0.2) is 42.5 Å². The lowest BCUT2D eigenvalue weighted by Crippen LogP contribution is -2.45. The lowest BCUT2D eigenvalue weighted by Gasteiger charge is -2.36. The van der Waals surface area contributed by atoms with Crippen LogP contribution < -0.4 is 0 Å². The fourth-order valence-electron chi connectivity index (χ4n) is 2.16. The van der Waals surface area contributed by atoms with Crippen molar-refractivity contribution in [3.63, 3.8) is 0 Å². The van der Waals surface area contributed by atoms with Crippen molar-refractivity contribution in [1.29, 1.82) is 0 Å². The molecule has 0 spiro atoms. The van der Waals surface area contributed by atoms with E-state index in [4.69, 9.17) is 0 Å². The Morgan fingerprint density at radius 2 is 1.82 bits per heavy atom. The molecule has 1 aliphatic heterocycles. The maximum Gasteiger partial charge on any atom is 0.0306 e. The fourth-order valence-corrected chi connectivity index (χ4v) is 2.16. The first kappa shape index (κ1) is 14.0. The molecule has 0 radical (unpaired) electrons. The van der Waals surface area contributed by atoms with Crippen molar-refractivity contribution >= 4 is 0 Å². The molecule has 1 aliphatic rings. The third-order valence-corrected chi connectivity index (χ3v) is 3.22. The monoisotopic (exact) mass is 234 g/mol. The van der Waals surface area contributed by atoms with E-state index in [9.17, 15) is 0 Å². The van der Waals surface area contributed by atoms with Crippen LogP contribution in [0.3, 0.4) is 0 Å². The summed E-state index contributed by atoms with van der Waals surface area (Å²) < 4.78 is 0. The molecule has 1 saturated heterocycles. The third-order valence-electron chi connectivity index (χ3n) is 3.22. The summed E-state index contributed by atoms with van der Waals surface area (Å²) >= 11 is 0. The average molecular weight is 234 g/mol. The summed E-state index contributed by atoms with van der Waals surface area (Å²) in [6, 6.07) is 0. The van der Waals surface area contributed by atoms with Crippen molar-refractivity contribution < 1.29 is 0 Å². The largest absolute Gasteiger partial charge is 0.369 e.